The molecular formula is C15H26N2. The molecule has 0 saturated heterocycles. The molecule has 0 aliphatic rings. The van der Waals surface area contributed by atoms with Gasteiger partial charge in [-0.05, 0) is 37.0 Å². The highest BCUT2D eigenvalue weighted by Gasteiger charge is 2.25. The summed E-state index contributed by atoms with van der Waals surface area (Å²) in [4.78, 5) is 2.45. The molecule has 0 amide bonds. The third-order valence-corrected chi connectivity index (χ3v) is 3.47. The molecule has 0 aliphatic carbocycles. The second kappa shape index (κ2) is 6.77. The van der Waals surface area contributed by atoms with Crippen LogP contribution in [0.3, 0.4) is 0 Å². The molecule has 1 unspecified atom stereocenters. The minimum absolute atomic E-state index is 0.174. The predicted octanol–water partition coefficient (Wildman–Crippen LogP) is 2.54. The van der Waals surface area contributed by atoms with Gasteiger partial charge < -0.3 is 10.6 Å². The highest BCUT2D eigenvalue weighted by molar-refractivity contribution is 5.16. The van der Waals surface area contributed by atoms with Gasteiger partial charge in [-0.3, -0.25) is 0 Å². The molecule has 0 bridgehead atoms. The first-order valence-electron chi connectivity index (χ1n) is 6.60. The summed E-state index contributed by atoms with van der Waals surface area (Å²) in [6, 6.07) is 10.6. The zero-order valence-corrected chi connectivity index (χ0v) is 11.4. The van der Waals surface area contributed by atoms with Crippen molar-refractivity contribution in [2.45, 2.75) is 27.2 Å². The second-order valence-corrected chi connectivity index (χ2v) is 5.14. The van der Waals surface area contributed by atoms with E-state index in [9.17, 15) is 0 Å². The van der Waals surface area contributed by atoms with Gasteiger partial charge >= 0.3 is 0 Å². The lowest BCUT2D eigenvalue weighted by atomic mass is 9.83. The average molecular weight is 234 g/mol. The molecule has 0 spiro atoms. The molecule has 0 saturated carbocycles. The van der Waals surface area contributed by atoms with Gasteiger partial charge in [-0.15, -0.1) is 0 Å². The Morgan fingerprint density at radius 3 is 2.18 bits per heavy atom. The molecular weight excluding hydrogens is 208 g/mol. The Bertz CT molecular complexity index is 306. The first-order chi connectivity index (χ1) is 8.13. The largest absolute Gasteiger partial charge is 0.330 e. The lowest BCUT2D eigenvalue weighted by molar-refractivity contribution is 0.181. The van der Waals surface area contributed by atoms with E-state index in [1.54, 1.807) is 0 Å². The van der Waals surface area contributed by atoms with Crippen molar-refractivity contribution in [3.05, 3.63) is 35.9 Å². The van der Waals surface area contributed by atoms with E-state index in [2.05, 4.69) is 56.0 Å². The van der Waals surface area contributed by atoms with Crippen LogP contribution in [0.25, 0.3) is 0 Å². The summed E-state index contributed by atoms with van der Waals surface area (Å²) in [7, 11) is 0. The minimum atomic E-state index is 0.174. The number of nitrogens with zero attached hydrogens (tertiary/aromatic N) is 1. The maximum Gasteiger partial charge on any atom is 0.00504 e. The fourth-order valence-corrected chi connectivity index (χ4v) is 2.27. The van der Waals surface area contributed by atoms with Gasteiger partial charge in [-0.1, -0.05) is 51.1 Å². The van der Waals surface area contributed by atoms with E-state index in [1.807, 2.05) is 0 Å². The van der Waals surface area contributed by atoms with Crippen LogP contribution in [-0.2, 0) is 6.42 Å². The minimum Gasteiger partial charge on any atom is -0.330 e. The van der Waals surface area contributed by atoms with E-state index in [1.165, 1.54) is 5.56 Å². The van der Waals surface area contributed by atoms with Crippen LogP contribution < -0.4 is 5.73 Å². The van der Waals surface area contributed by atoms with Gasteiger partial charge in [0.25, 0.3) is 0 Å². The zero-order valence-electron chi connectivity index (χ0n) is 11.4. The lowest BCUT2D eigenvalue weighted by Crippen LogP contribution is -2.42. The van der Waals surface area contributed by atoms with Crippen LogP contribution >= 0.6 is 0 Å². The topological polar surface area (TPSA) is 29.3 Å². The van der Waals surface area contributed by atoms with Crippen molar-refractivity contribution in [2.75, 3.05) is 26.2 Å². The van der Waals surface area contributed by atoms with Gasteiger partial charge in [-0.2, -0.15) is 0 Å². The third kappa shape index (κ3) is 4.49. The van der Waals surface area contributed by atoms with Gasteiger partial charge in [0, 0.05) is 6.54 Å². The smallest absolute Gasteiger partial charge is 0.00504 e. The van der Waals surface area contributed by atoms with Crippen molar-refractivity contribution >= 4 is 0 Å². The quantitative estimate of drug-likeness (QED) is 0.785. The summed E-state index contributed by atoms with van der Waals surface area (Å²) in [5.41, 5.74) is 7.54. The average Bonchev–Trinajstić information content (AvgIpc) is 2.37. The van der Waals surface area contributed by atoms with Gasteiger partial charge in [0.2, 0.25) is 0 Å². The summed E-state index contributed by atoms with van der Waals surface area (Å²) in [5.74, 6) is 0. The SMILES string of the molecule is CCN(CC)CC(C)(CN)Cc1ccccc1. The molecule has 2 nitrogen and oxygen atoms in total. The number of rotatable bonds is 7. The highest BCUT2D eigenvalue weighted by Crippen LogP contribution is 2.22. The van der Waals surface area contributed by atoms with Gasteiger partial charge in [0.1, 0.15) is 0 Å². The molecule has 2 N–H and O–H groups in total. The molecule has 96 valence electrons. The Morgan fingerprint density at radius 2 is 1.71 bits per heavy atom. The molecule has 0 fully saturated rings. The fraction of sp³-hybridized carbons (Fsp3) is 0.600. The Kier molecular flexibility index (Phi) is 5.66. The van der Waals surface area contributed by atoms with Crippen molar-refractivity contribution in [2.24, 2.45) is 11.1 Å². The van der Waals surface area contributed by atoms with Crippen LogP contribution in [0.5, 0.6) is 0 Å². The molecule has 17 heavy (non-hydrogen) atoms. The van der Waals surface area contributed by atoms with E-state index in [0.717, 1.165) is 32.6 Å². The molecule has 0 radical (unpaired) electrons. The van der Waals surface area contributed by atoms with E-state index in [-0.39, 0.29) is 5.41 Å². The molecule has 0 aliphatic heterocycles. The van der Waals surface area contributed by atoms with Crippen LogP contribution in [0.2, 0.25) is 0 Å². The van der Waals surface area contributed by atoms with Crippen LogP contribution in [0.15, 0.2) is 30.3 Å². The standard InChI is InChI=1S/C15H26N2/c1-4-17(5-2)13-15(3,12-16)11-14-9-7-6-8-10-14/h6-10H,4-5,11-13,16H2,1-3H3. The van der Waals surface area contributed by atoms with Crippen molar-refractivity contribution in [1.29, 1.82) is 0 Å². The van der Waals surface area contributed by atoms with Crippen LogP contribution in [0.1, 0.15) is 26.3 Å². The van der Waals surface area contributed by atoms with E-state index in [4.69, 9.17) is 5.73 Å². The molecule has 0 heterocycles. The van der Waals surface area contributed by atoms with E-state index >= 15 is 0 Å². The predicted molar refractivity (Wildman–Crippen MR) is 75.1 cm³/mol. The van der Waals surface area contributed by atoms with Crippen molar-refractivity contribution in [3.8, 4) is 0 Å². The maximum atomic E-state index is 5.99. The number of hydrogen-bond donors (Lipinski definition) is 1. The number of hydrogen-bond acceptors (Lipinski definition) is 2. The van der Waals surface area contributed by atoms with Crippen LogP contribution in [-0.4, -0.2) is 31.1 Å². The Hall–Kier alpha value is -0.860. The van der Waals surface area contributed by atoms with Gasteiger partial charge in [0.15, 0.2) is 0 Å². The van der Waals surface area contributed by atoms with Crippen molar-refractivity contribution in [3.63, 3.8) is 0 Å². The third-order valence-electron chi connectivity index (χ3n) is 3.47. The Morgan fingerprint density at radius 1 is 1.12 bits per heavy atom. The number of benzene rings is 1. The molecule has 0 aromatic heterocycles. The molecule has 1 aromatic rings. The Labute approximate surface area is 106 Å². The Balaban J connectivity index is 2.68. The molecule has 1 rings (SSSR count). The fourth-order valence-electron chi connectivity index (χ4n) is 2.27. The van der Waals surface area contributed by atoms with Crippen molar-refractivity contribution in [1.82, 2.24) is 4.90 Å². The summed E-state index contributed by atoms with van der Waals surface area (Å²) >= 11 is 0. The van der Waals surface area contributed by atoms with Crippen LogP contribution in [0, 0.1) is 5.41 Å². The molecule has 1 atom stereocenters. The van der Waals surface area contributed by atoms with Gasteiger partial charge in [0.05, 0.1) is 0 Å². The van der Waals surface area contributed by atoms with Crippen LogP contribution in [0.4, 0.5) is 0 Å². The molecule has 1 aromatic carbocycles. The highest BCUT2D eigenvalue weighted by atomic mass is 15.1. The van der Waals surface area contributed by atoms with E-state index in [0.29, 0.717) is 0 Å². The normalized spacial score (nSPS) is 14.9. The summed E-state index contributed by atoms with van der Waals surface area (Å²) in [6.07, 6.45) is 1.06. The number of nitrogens with two attached hydrogens (primary N) is 1. The summed E-state index contributed by atoms with van der Waals surface area (Å²) in [5, 5.41) is 0. The van der Waals surface area contributed by atoms with Crippen molar-refractivity contribution < 1.29 is 0 Å². The second-order valence-electron chi connectivity index (χ2n) is 5.14. The summed E-state index contributed by atoms with van der Waals surface area (Å²) < 4.78 is 0. The molecule has 2 heteroatoms. The lowest BCUT2D eigenvalue weighted by Gasteiger charge is -2.34. The summed E-state index contributed by atoms with van der Waals surface area (Å²) in [6.45, 7) is 10.7. The first kappa shape index (κ1) is 14.2. The van der Waals surface area contributed by atoms with Gasteiger partial charge in [-0.25, -0.2) is 0 Å². The monoisotopic (exact) mass is 234 g/mol. The van der Waals surface area contributed by atoms with E-state index < -0.39 is 0 Å². The first-order valence-corrected chi connectivity index (χ1v) is 6.60. The zero-order chi connectivity index (χ0) is 12.7. The maximum absolute atomic E-state index is 5.99.